The van der Waals surface area contributed by atoms with E-state index in [0.717, 1.165) is 48.8 Å². The van der Waals surface area contributed by atoms with E-state index < -0.39 is 0 Å². The van der Waals surface area contributed by atoms with Crippen molar-refractivity contribution in [2.45, 2.75) is 0 Å². The number of halogens is 1. The number of hydrogen-bond donors (Lipinski definition) is 0. The SMILES string of the molecule is COCCN(C)c1cc(N2CCOCC2)ncc1I. The summed E-state index contributed by atoms with van der Waals surface area (Å²) >= 11 is 2.33. The van der Waals surface area contributed by atoms with Crippen molar-refractivity contribution in [1.29, 1.82) is 0 Å². The molecule has 1 aromatic heterocycles. The van der Waals surface area contributed by atoms with E-state index in [4.69, 9.17) is 9.47 Å². The fourth-order valence-electron chi connectivity index (χ4n) is 2.02. The normalized spacial score (nSPS) is 15.6. The minimum absolute atomic E-state index is 0.724. The lowest BCUT2D eigenvalue weighted by atomic mass is 10.3. The van der Waals surface area contributed by atoms with Crippen LogP contribution in [0.2, 0.25) is 0 Å². The highest BCUT2D eigenvalue weighted by Gasteiger charge is 2.15. The minimum atomic E-state index is 0.724. The predicted molar refractivity (Wildman–Crippen MR) is 85.1 cm³/mol. The van der Waals surface area contributed by atoms with E-state index >= 15 is 0 Å². The number of aromatic nitrogens is 1. The molecule has 6 heteroatoms. The van der Waals surface area contributed by atoms with Crippen LogP contribution in [0, 0.1) is 3.57 Å². The van der Waals surface area contributed by atoms with Crippen molar-refractivity contribution >= 4 is 34.1 Å². The first kappa shape index (κ1) is 14.8. The molecule has 0 bridgehead atoms. The quantitative estimate of drug-likeness (QED) is 0.729. The minimum Gasteiger partial charge on any atom is -0.383 e. The number of likely N-dealkylation sites (N-methyl/N-ethyl adjacent to an activating group) is 1. The van der Waals surface area contributed by atoms with Crippen LogP contribution in [-0.4, -0.2) is 58.6 Å². The lowest BCUT2D eigenvalue weighted by molar-refractivity contribution is 0.122. The van der Waals surface area contributed by atoms with Crippen molar-refractivity contribution in [2.75, 3.05) is 63.4 Å². The Morgan fingerprint density at radius 3 is 2.89 bits per heavy atom. The molecule has 0 unspecified atom stereocenters. The molecule has 1 aromatic rings. The van der Waals surface area contributed by atoms with Gasteiger partial charge in [0.25, 0.3) is 0 Å². The molecule has 0 spiro atoms. The van der Waals surface area contributed by atoms with Gasteiger partial charge in [-0.05, 0) is 22.6 Å². The zero-order valence-electron chi connectivity index (χ0n) is 11.4. The zero-order valence-corrected chi connectivity index (χ0v) is 13.6. The van der Waals surface area contributed by atoms with Crippen LogP contribution in [0.5, 0.6) is 0 Å². The molecule has 19 heavy (non-hydrogen) atoms. The Morgan fingerprint density at radius 1 is 1.47 bits per heavy atom. The number of anilines is 2. The Kier molecular flexibility index (Phi) is 5.65. The van der Waals surface area contributed by atoms with Gasteiger partial charge >= 0.3 is 0 Å². The van der Waals surface area contributed by atoms with Gasteiger partial charge in [-0.15, -0.1) is 0 Å². The molecule has 0 N–H and O–H groups in total. The predicted octanol–water partition coefficient (Wildman–Crippen LogP) is 1.61. The molecule has 0 saturated carbocycles. The highest BCUT2D eigenvalue weighted by Crippen LogP contribution is 2.25. The third-order valence-electron chi connectivity index (χ3n) is 3.20. The summed E-state index contributed by atoms with van der Waals surface area (Å²) in [6, 6.07) is 2.16. The average Bonchev–Trinajstić information content (AvgIpc) is 2.46. The summed E-state index contributed by atoms with van der Waals surface area (Å²) in [5.41, 5.74) is 1.20. The highest BCUT2D eigenvalue weighted by atomic mass is 127. The third kappa shape index (κ3) is 3.93. The summed E-state index contributed by atoms with van der Waals surface area (Å²) in [4.78, 5) is 9.01. The maximum atomic E-state index is 5.38. The summed E-state index contributed by atoms with van der Waals surface area (Å²) in [6.07, 6.45) is 1.93. The van der Waals surface area contributed by atoms with Crippen LogP contribution in [0.25, 0.3) is 0 Å². The molecule has 106 valence electrons. The van der Waals surface area contributed by atoms with Gasteiger partial charge in [0.05, 0.1) is 29.1 Å². The van der Waals surface area contributed by atoms with Crippen molar-refractivity contribution in [1.82, 2.24) is 4.98 Å². The van der Waals surface area contributed by atoms with E-state index in [9.17, 15) is 0 Å². The molecule has 0 radical (unpaired) electrons. The molecule has 5 nitrogen and oxygen atoms in total. The van der Waals surface area contributed by atoms with Crippen LogP contribution < -0.4 is 9.80 Å². The Bertz CT molecular complexity index is 411. The van der Waals surface area contributed by atoms with Crippen LogP contribution in [0.15, 0.2) is 12.3 Å². The van der Waals surface area contributed by atoms with Gasteiger partial charge in [-0.1, -0.05) is 0 Å². The number of pyridine rings is 1. The molecule has 2 rings (SSSR count). The molecular formula is C13H20IN3O2. The van der Waals surface area contributed by atoms with Gasteiger partial charge in [0.15, 0.2) is 0 Å². The van der Waals surface area contributed by atoms with E-state index in [1.165, 1.54) is 5.69 Å². The van der Waals surface area contributed by atoms with Gasteiger partial charge in [-0.2, -0.15) is 0 Å². The molecule has 1 saturated heterocycles. The summed E-state index contributed by atoms with van der Waals surface area (Å²) in [7, 11) is 3.81. The molecule has 0 atom stereocenters. The molecule has 0 aromatic carbocycles. The van der Waals surface area contributed by atoms with E-state index in [-0.39, 0.29) is 0 Å². The Morgan fingerprint density at radius 2 is 2.21 bits per heavy atom. The van der Waals surface area contributed by atoms with Crippen molar-refractivity contribution in [3.63, 3.8) is 0 Å². The van der Waals surface area contributed by atoms with E-state index in [1.54, 1.807) is 7.11 Å². The fraction of sp³-hybridized carbons (Fsp3) is 0.615. The fourth-order valence-corrected chi connectivity index (χ4v) is 2.73. The lowest BCUT2D eigenvalue weighted by Crippen LogP contribution is -2.37. The first-order valence-electron chi connectivity index (χ1n) is 6.40. The van der Waals surface area contributed by atoms with Crippen molar-refractivity contribution in [3.05, 3.63) is 15.8 Å². The largest absolute Gasteiger partial charge is 0.383 e. The van der Waals surface area contributed by atoms with Crippen LogP contribution in [0.1, 0.15) is 0 Å². The van der Waals surface area contributed by atoms with Gasteiger partial charge in [0.1, 0.15) is 5.82 Å². The van der Waals surface area contributed by atoms with Gasteiger partial charge in [0, 0.05) is 46.1 Å². The first-order chi connectivity index (χ1) is 9.22. The van der Waals surface area contributed by atoms with Crippen LogP contribution in [-0.2, 0) is 9.47 Å². The average molecular weight is 377 g/mol. The Hall–Kier alpha value is -0.600. The maximum absolute atomic E-state index is 5.38. The van der Waals surface area contributed by atoms with Crippen LogP contribution in [0.3, 0.4) is 0 Å². The smallest absolute Gasteiger partial charge is 0.130 e. The van der Waals surface area contributed by atoms with E-state index in [1.807, 2.05) is 6.20 Å². The summed E-state index contributed by atoms with van der Waals surface area (Å²) in [5, 5.41) is 0. The zero-order chi connectivity index (χ0) is 13.7. The maximum Gasteiger partial charge on any atom is 0.130 e. The van der Waals surface area contributed by atoms with Crippen molar-refractivity contribution in [3.8, 4) is 0 Å². The molecule has 1 aliphatic heterocycles. The summed E-state index contributed by atoms with van der Waals surface area (Å²) in [6.45, 7) is 4.98. The van der Waals surface area contributed by atoms with Crippen molar-refractivity contribution < 1.29 is 9.47 Å². The number of methoxy groups -OCH3 is 1. The molecule has 0 amide bonds. The van der Waals surface area contributed by atoms with E-state index in [0.29, 0.717) is 0 Å². The van der Waals surface area contributed by atoms with Crippen LogP contribution in [0.4, 0.5) is 11.5 Å². The Balaban J connectivity index is 2.13. The summed E-state index contributed by atoms with van der Waals surface area (Å²) in [5.74, 6) is 1.03. The number of ether oxygens (including phenoxy) is 2. The molecular weight excluding hydrogens is 357 g/mol. The number of rotatable bonds is 5. The van der Waals surface area contributed by atoms with Gasteiger partial charge in [-0.25, -0.2) is 4.98 Å². The molecule has 1 fully saturated rings. The topological polar surface area (TPSA) is 37.8 Å². The van der Waals surface area contributed by atoms with E-state index in [2.05, 4.69) is 50.5 Å². The van der Waals surface area contributed by atoms with Gasteiger partial charge in [-0.3, -0.25) is 0 Å². The standard InChI is InChI=1S/C13H20IN3O2/c1-16(3-6-18-2)12-9-13(15-10-11(12)14)17-4-7-19-8-5-17/h9-10H,3-8H2,1-2H3. The van der Waals surface area contributed by atoms with Gasteiger partial charge < -0.3 is 19.3 Å². The Labute approximate surface area is 128 Å². The van der Waals surface area contributed by atoms with Gasteiger partial charge in [0.2, 0.25) is 0 Å². The van der Waals surface area contributed by atoms with Crippen LogP contribution >= 0.6 is 22.6 Å². The third-order valence-corrected chi connectivity index (χ3v) is 4.03. The first-order valence-corrected chi connectivity index (χ1v) is 7.48. The lowest BCUT2D eigenvalue weighted by Gasteiger charge is -2.29. The number of hydrogen-bond acceptors (Lipinski definition) is 5. The van der Waals surface area contributed by atoms with Crippen molar-refractivity contribution in [2.24, 2.45) is 0 Å². The molecule has 2 heterocycles. The second-order valence-corrected chi connectivity index (χ2v) is 5.67. The highest BCUT2D eigenvalue weighted by molar-refractivity contribution is 14.1. The number of morpholine rings is 1. The molecule has 0 aliphatic carbocycles. The number of nitrogens with zero attached hydrogens (tertiary/aromatic N) is 3. The second kappa shape index (κ2) is 7.25. The monoisotopic (exact) mass is 377 g/mol. The second-order valence-electron chi connectivity index (χ2n) is 4.51. The molecule has 1 aliphatic rings. The summed E-state index contributed by atoms with van der Waals surface area (Å²) < 4.78 is 11.7.